The van der Waals surface area contributed by atoms with E-state index in [0.29, 0.717) is 23.1 Å². The van der Waals surface area contributed by atoms with Gasteiger partial charge in [0.2, 0.25) is 5.95 Å². The number of carbonyl (C=O) groups is 1. The molecule has 0 saturated carbocycles. The first-order chi connectivity index (χ1) is 17.7. The van der Waals surface area contributed by atoms with Crippen LogP contribution in [0.3, 0.4) is 0 Å². The number of rotatable bonds is 8. The van der Waals surface area contributed by atoms with Crippen LogP contribution in [0, 0.1) is 6.92 Å². The number of hydrogen-bond donors (Lipinski definition) is 3. The van der Waals surface area contributed by atoms with Crippen LogP contribution in [0.15, 0.2) is 78.9 Å². The highest BCUT2D eigenvalue weighted by atomic mass is 19.4. The van der Waals surface area contributed by atoms with Crippen molar-refractivity contribution in [3.8, 4) is 11.5 Å². The molecule has 4 aromatic rings. The van der Waals surface area contributed by atoms with Gasteiger partial charge in [-0.25, -0.2) is 4.98 Å². The number of carbonyl (C=O) groups excluding carboxylic acids is 1. The number of nitrogens with one attached hydrogen (secondary N) is 3. The van der Waals surface area contributed by atoms with Crippen molar-refractivity contribution in [2.75, 3.05) is 23.1 Å². The van der Waals surface area contributed by atoms with Crippen molar-refractivity contribution in [3.05, 3.63) is 90.1 Å². The average molecular weight is 509 g/mol. The lowest BCUT2D eigenvalue weighted by Gasteiger charge is -2.12. The minimum Gasteiger partial charge on any atom is -0.497 e. The fourth-order valence-electron chi connectivity index (χ4n) is 3.31. The molecule has 37 heavy (non-hydrogen) atoms. The normalized spacial score (nSPS) is 10.9. The molecule has 0 unspecified atom stereocenters. The molecule has 0 saturated heterocycles. The quantitative estimate of drug-likeness (QED) is 0.252. The molecular formula is C26H22F3N5O3. The van der Waals surface area contributed by atoms with Crippen LogP contribution >= 0.6 is 0 Å². The topological polar surface area (TPSA) is 97.4 Å². The standard InChI is InChI=1S/C26H22F3N5O3/c1-16-14-23(31-18-10-12-21(36-2)13-11-18)34-25(30-16)33-20-8-6-19(7-9-20)32-24(35)17-4-3-5-22(15-17)37-26(27,28)29/h3-15H,1-2H3,(H,32,35)(H2,30,31,33,34). The van der Waals surface area contributed by atoms with Crippen molar-refractivity contribution < 1.29 is 27.4 Å². The molecule has 190 valence electrons. The summed E-state index contributed by atoms with van der Waals surface area (Å²) in [7, 11) is 1.60. The Balaban J connectivity index is 1.40. The summed E-state index contributed by atoms with van der Waals surface area (Å²) in [5.74, 6) is 0.661. The maximum absolute atomic E-state index is 12.5. The van der Waals surface area contributed by atoms with Crippen LogP contribution in [-0.4, -0.2) is 29.3 Å². The number of aryl methyl sites for hydroxylation is 1. The summed E-state index contributed by atoms with van der Waals surface area (Å²) in [6, 6.07) is 20.8. The van der Waals surface area contributed by atoms with E-state index in [4.69, 9.17) is 4.74 Å². The second kappa shape index (κ2) is 10.9. The lowest BCUT2D eigenvalue weighted by molar-refractivity contribution is -0.274. The molecule has 0 aliphatic carbocycles. The molecule has 11 heteroatoms. The molecule has 0 aliphatic heterocycles. The van der Waals surface area contributed by atoms with Crippen LogP contribution in [0.1, 0.15) is 16.1 Å². The van der Waals surface area contributed by atoms with Crippen molar-refractivity contribution in [2.24, 2.45) is 0 Å². The molecule has 1 aromatic heterocycles. The van der Waals surface area contributed by atoms with Gasteiger partial charge in [0.25, 0.3) is 5.91 Å². The third kappa shape index (κ3) is 7.34. The number of nitrogens with zero attached hydrogens (tertiary/aromatic N) is 2. The molecule has 1 amide bonds. The van der Waals surface area contributed by atoms with E-state index in [9.17, 15) is 18.0 Å². The van der Waals surface area contributed by atoms with Gasteiger partial charge in [0.15, 0.2) is 0 Å². The molecule has 0 atom stereocenters. The summed E-state index contributed by atoms with van der Waals surface area (Å²) in [6.45, 7) is 1.85. The molecule has 0 aliphatic rings. The van der Waals surface area contributed by atoms with Crippen molar-refractivity contribution in [3.63, 3.8) is 0 Å². The smallest absolute Gasteiger partial charge is 0.497 e. The Bertz CT molecular complexity index is 1380. The first-order valence-corrected chi connectivity index (χ1v) is 11.0. The van der Waals surface area contributed by atoms with Crippen LogP contribution in [0.2, 0.25) is 0 Å². The van der Waals surface area contributed by atoms with Gasteiger partial charge in [-0.05, 0) is 73.7 Å². The molecule has 0 spiro atoms. The number of hydrogen-bond acceptors (Lipinski definition) is 7. The minimum absolute atomic E-state index is 0.0222. The zero-order valence-electron chi connectivity index (χ0n) is 19.8. The highest BCUT2D eigenvalue weighted by Gasteiger charge is 2.31. The Morgan fingerprint density at radius 1 is 0.811 bits per heavy atom. The van der Waals surface area contributed by atoms with Crippen molar-refractivity contribution in [2.45, 2.75) is 13.3 Å². The molecule has 0 fully saturated rings. The number of ether oxygens (including phenoxy) is 2. The van der Waals surface area contributed by atoms with Crippen molar-refractivity contribution in [1.29, 1.82) is 0 Å². The van der Waals surface area contributed by atoms with Gasteiger partial charge >= 0.3 is 6.36 Å². The van der Waals surface area contributed by atoms with Gasteiger partial charge in [0, 0.05) is 34.4 Å². The SMILES string of the molecule is COc1ccc(Nc2cc(C)nc(Nc3ccc(NC(=O)c4cccc(OC(F)(F)F)c4)cc3)n2)cc1. The first-order valence-electron chi connectivity index (χ1n) is 11.0. The summed E-state index contributed by atoms with van der Waals surface area (Å²) in [4.78, 5) is 21.4. The van der Waals surface area contributed by atoms with E-state index in [1.807, 2.05) is 37.3 Å². The third-order valence-corrected chi connectivity index (χ3v) is 4.95. The number of amides is 1. The second-order valence-corrected chi connectivity index (χ2v) is 7.80. The predicted molar refractivity (Wildman–Crippen MR) is 134 cm³/mol. The predicted octanol–water partition coefficient (Wildman–Crippen LogP) is 6.43. The maximum Gasteiger partial charge on any atom is 0.573 e. The van der Waals surface area contributed by atoms with Gasteiger partial charge in [0.05, 0.1) is 7.11 Å². The zero-order chi connectivity index (χ0) is 26.4. The van der Waals surface area contributed by atoms with Crippen LogP contribution in [0.5, 0.6) is 11.5 Å². The van der Waals surface area contributed by atoms with Crippen molar-refractivity contribution in [1.82, 2.24) is 9.97 Å². The number of alkyl halides is 3. The van der Waals surface area contributed by atoms with E-state index in [2.05, 4.69) is 30.7 Å². The Hall–Kier alpha value is -4.80. The number of halogens is 3. The lowest BCUT2D eigenvalue weighted by atomic mass is 10.2. The Labute approximate surface area is 210 Å². The molecule has 0 radical (unpaired) electrons. The molecule has 3 N–H and O–H groups in total. The Morgan fingerprint density at radius 2 is 1.46 bits per heavy atom. The van der Waals surface area contributed by atoms with E-state index in [1.165, 1.54) is 12.1 Å². The number of methoxy groups -OCH3 is 1. The summed E-state index contributed by atoms with van der Waals surface area (Å²) in [5.41, 5.74) is 2.72. The zero-order valence-corrected chi connectivity index (χ0v) is 19.8. The van der Waals surface area contributed by atoms with Crippen molar-refractivity contribution >= 4 is 34.7 Å². The lowest BCUT2D eigenvalue weighted by Crippen LogP contribution is -2.18. The van der Waals surface area contributed by atoms with E-state index in [0.717, 1.165) is 29.3 Å². The van der Waals surface area contributed by atoms with Crippen LogP contribution in [0.4, 0.5) is 42.0 Å². The second-order valence-electron chi connectivity index (χ2n) is 7.80. The number of benzene rings is 3. The maximum atomic E-state index is 12.5. The first kappa shape index (κ1) is 25.3. The molecule has 0 bridgehead atoms. The van der Waals surface area contributed by atoms with E-state index < -0.39 is 18.0 Å². The van der Waals surface area contributed by atoms with Gasteiger partial charge in [0.1, 0.15) is 17.3 Å². The summed E-state index contributed by atoms with van der Waals surface area (Å²) in [5, 5.41) is 8.97. The van der Waals surface area contributed by atoms with E-state index in [1.54, 1.807) is 31.4 Å². The van der Waals surface area contributed by atoms with Gasteiger partial charge in [-0.2, -0.15) is 4.98 Å². The van der Waals surface area contributed by atoms with Gasteiger partial charge in [-0.1, -0.05) is 6.07 Å². The van der Waals surface area contributed by atoms with Gasteiger partial charge in [-0.15, -0.1) is 13.2 Å². The van der Waals surface area contributed by atoms with Gasteiger partial charge < -0.3 is 25.4 Å². The monoisotopic (exact) mass is 509 g/mol. The molecular weight excluding hydrogens is 487 g/mol. The minimum atomic E-state index is -4.84. The molecule has 8 nitrogen and oxygen atoms in total. The fourth-order valence-corrected chi connectivity index (χ4v) is 3.31. The highest BCUT2D eigenvalue weighted by Crippen LogP contribution is 2.25. The van der Waals surface area contributed by atoms with Crippen LogP contribution < -0.4 is 25.4 Å². The Kier molecular flexibility index (Phi) is 7.42. The Morgan fingerprint density at radius 3 is 2.14 bits per heavy atom. The molecule has 4 rings (SSSR count). The van der Waals surface area contributed by atoms with E-state index >= 15 is 0 Å². The highest BCUT2D eigenvalue weighted by molar-refractivity contribution is 6.04. The summed E-state index contributed by atoms with van der Waals surface area (Å²) in [6.07, 6.45) is -4.84. The number of anilines is 5. The van der Waals surface area contributed by atoms with Crippen LogP contribution in [-0.2, 0) is 0 Å². The molecule has 3 aromatic carbocycles. The average Bonchev–Trinajstić information content (AvgIpc) is 2.84. The summed E-state index contributed by atoms with van der Waals surface area (Å²) < 4.78 is 46.3. The number of aromatic nitrogens is 2. The van der Waals surface area contributed by atoms with Crippen LogP contribution in [0.25, 0.3) is 0 Å². The van der Waals surface area contributed by atoms with Gasteiger partial charge in [-0.3, -0.25) is 4.79 Å². The summed E-state index contributed by atoms with van der Waals surface area (Å²) >= 11 is 0. The van der Waals surface area contributed by atoms with E-state index in [-0.39, 0.29) is 5.56 Å². The fraction of sp³-hybridized carbons (Fsp3) is 0.115. The molecule has 1 heterocycles. The third-order valence-electron chi connectivity index (χ3n) is 4.95. The largest absolute Gasteiger partial charge is 0.573 e.